The average molecular weight is 362 g/mol. The molecule has 0 unspecified atom stereocenters. The van der Waals surface area contributed by atoms with E-state index >= 15 is 0 Å². The van der Waals surface area contributed by atoms with E-state index in [1.54, 1.807) is 24.3 Å². The number of carbonyl (C=O) groups excluding carboxylic acids is 1. The summed E-state index contributed by atoms with van der Waals surface area (Å²) in [6.07, 6.45) is 2.30. The van der Waals surface area contributed by atoms with Gasteiger partial charge in [-0.25, -0.2) is 4.39 Å². The van der Waals surface area contributed by atoms with Crippen molar-refractivity contribution in [3.05, 3.63) is 52.8 Å². The Kier molecular flexibility index (Phi) is 4.04. The van der Waals surface area contributed by atoms with Gasteiger partial charge in [-0.15, -0.1) is 0 Å². The van der Waals surface area contributed by atoms with E-state index in [1.165, 1.54) is 12.1 Å². The van der Waals surface area contributed by atoms with Crippen molar-refractivity contribution in [3.63, 3.8) is 0 Å². The molecular formula is C19H17ClFNO3. The van der Waals surface area contributed by atoms with E-state index in [0.717, 1.165) is 6.42 Å². The molecule has 0 bridgehead atoms. The van der Waals surface area contributed by atoms with Crippen LogP contribution in [-0.4, -0.2) is 19.1 Å². The first kappa shape index (κ1) is 16.2. The molecule has 0 spiro atoms. The first-order chi connectivity index (χ1) is 12.1. The minimum Gasteiger partial charge on any atom is -0.486 e. The van der Waals surface area contributed by atoms with Crippen LogP contribution in [0.3, 0.4) is 0 Å². The molecule has 4 rings (SSSR count). The van der Waals surface area contributed by atoms with Gasteiger partial charge >= 0.3 is 0 Å². The zero-order valence-electron chi connectivity index (χ0n) is 13.5. The fourth-order valence-corrected chi connectivity index (χ4v) is 3.57. The lowest BCUT2D eigenvalue weighted by molar-refractivity contribution is -0.124. The monoisotopic (exact) mass is 361 g/mol. The number of nitrogens with one attached hydrogen (secondary N) is 1. The molecule has 1 aliphatic carbocycles. The third-order valence-corrected chi connectivity index (χ3v) is 5.21. The van der Waals surface area contributed by atoms with Gasteiger partial charge in [0.25, 0.3) is 0 Å². The lowest BCUT2D eigenvalue weighted by atomic mass is 9.63. The summed E-state index contributed by atoms with van der Waals surface area (Å²) in [7, 11) is 0. The van der Waals surface area contributed by atoms with Crippen molar-refractivity contribution in [2.24, 2.45) is 0 Å². The molecule has 1 heterocycles. The molecule has 2 aliphatic rings. The topological polar surface area (TPSA) is 47.6 Å². The van der Waals surface area contributed by atoms with Crippen molar-refractivity contribution in [1.29, 1.82) is 0 Å². The summed E-state index contributed by atoms with van der Waals surface area (Å²) in [5, 5.41) is 3.27. The van der Waals surface area contributed by atoms with Gasteiger partial charge in [-0.3, -0.25) is 4.79 Å². The second-order valence-electron chi connectivity index (χ2n) is 6.38. The quantitative estimate of drug-likeness (QED) is 0.886. The number of amides is 1. The number of halogens is 2. The molecule has 1 amide bonds. The van der Waals surface area contributed by atoms with Crippen molar-refractivity contribution in [1.82, 2.24) is 0 Å². The maximum Gasteiger partial charge on any atom is 0.235 e. The van der Waals surface area contributed by atoms with Crippen LogP contribution < -0.4 is 14.8 Å². The summed E-state index contributed by atoms with van der Waals surface area (Å²) >= 11 is 6.28. The summed E-state index contributed by atoms with van der Waals surface area (Å²) < 4.78 is 24.6. The predicted molar refractivity (Wildman–Crippen MR) is 93.0 cm³/mol. The van der Waals surface area contributed by atoms with Gasteiger partial charge in [0, 0.05) is 12.1 Å². The van der Waals surface area contributed by atoms with Gasteiger partial charge < -0.3 is 14.8 Å². The number of carbonyl (C=O) groups is 1. The van der Waals surface area contributed by atoms with Gasteiger partial charge in [-0.1, -0.05) is 30.2 Å². The smallest absolute Gasteiger partial charge is 0.235 e. The third-order valence-electron chi connectivity index (χ3n) is 4.90. The molecular weight excluding hydrogens is 345 g/mol. The van der Waals surface area contributed by atoms with Gasteiger partial charge in [0.1, 0.15) is 19.0 Å². The lowest BCUT2D eigenvalue weighted by Crippen LogP contribution is -2.46. The number of anilines is 1. The molecule has 1 fully saturated rings. The summed E-state index contributed by atoms with van der Waals surface area (Å²) in [6.45, 7) is 0.924. The van der Waals surface area contributed by atoms with Gasteiger partial charge in [0.15, 0.2) is 11.5 Å². The van der Waals surface area contributed by atoms with Crippen LogP contribution in [-0.2, 0) is 10.2 Å². The summed E-state index contributed by atoms with van der Waals surface area (Å²) in [5.41, 5.74) is 0.460. The zero-order valence-corrected chi connectivity index (χ0v) is 14.2. The first-order valence-electron chi connectivity index (χ1n) is 8.25. The Bertz CT molecular complexity index is 835. The number of fused-ring (bicyclic) bond motifs is 1. The summed E-state index contributed by atoms with van der Waals surface area (Å²) in [5.74, 6) is 0.606. The number of benzene rings is 2. The van der Waals surface area contributed by atoms with E-state index in [4.69, 9.17) is 21.1 Å². The van der Waals surface area contributed by atoms with Gasteiger partial charge in [-0.2, -0.15) is 0 Å². The van der Waals surface area contributed by atoms with E-state index < -0.39 is 5.41 Å². The van der Waals surface area contributed by atoms with Crippen LogP contribution in [0.2, 0.25) is 5.02 Å². The number of ether oxygens (including phenoxy) is 2. The number of hydrogen-bond donors (Lipinski definition) is 1. The maximum absolute atomic E-state index is 13.6. The SMILES string of the molecule is O=C(Nc1cc2c(cc1Cl)OCCO2)C1(c2cccc(F)c2)CCC1. The van der Waals surface area contributed by atoms with Crippen LogP contribution in [0.15, 0.2) is 36.4 Å². The minimum atomic E-state index is -0.710. The normalized spacial score (nSPS) is 17.5. The van der Waals surface area contributed by atoms with Crippen molar-refractivity contribution >= 4 is 23.2 Å². The number of hydrogen-bond acceptors (Lipinski definition) is 3. The highest BCUT2D eigenvalue weighted by atomic mass is 35.5. The van der Waals surface area contributed by atoms with Crippen LogP contribution >= 0.6 is 11.6 Å². The maximum atomic E-state index is 13.6. The molecule has 2 aromatic rings. The van der Waals surface area contributed by atoms with Crippen LogP contribution in [0, 0.1) is 5.82 Å². The molecule has 25 heavy (non-hydrogen) atoms. The highest BCUT2D eigenvalue weighted by molar-refractivity contribution is 6.34. The molecule has 1 aliphatic heterocycles. The third kappa shape index (κ3) is 2.82. The van der Waals surface area contributed by atoms with E-state index in [2.05, 4.69) is 5.32 Å². The molecule has 0 saturated heterocycles. The van der Waals surface area contributed by atoms with Crippen LogP contribution in [0.1, 0.15) is 24.8 Å². The molecule has 0 radical (unpaired) electrons. The van der Waals surface area contributed by atoms with Crippen molar-refractivity contribution in [2.45, 2.75) is 24.7 Å². The highest BCUT2D eigenvalue weighted by Gasteiger charge is 2.46. The molecule has 130 valence electrons. The molecule has 1 saturated carbocycles. The molecule has 0 aromatic heterocycles. The Morgan fingerprint density at radius 2 is 1.84 bits per heavy atom. The highest BCUT2D eigenvalue weighted by Crippen LogP contribution is 2.46. The second kappa shape index (κ2) is 6.23. The van der Waals surface area contributed by atoms with E-state index in [-0.39, 0.29) is 11.7 Å². The molecule has 4 nitrogen and oxygen atoms in total. The molecule has 0 atom stereocenters. The van der Waals surface area contributed by atoms with Crippen LogP contribution in [0.25, 0.3) is 0 Å². The standard InChI is InChI=1S/C19H17ClFNO3/c20-14-10-16-17(25-8-7-24-16)11-15(14)22-18(23)19(5-2-6-19)12-3-1-4-13(21)9-12/h1,3-4,9-11H,2,5-8H2,(H,22,23). The van der Waals surface area contributed by atoms with Crippen molar-refractivity contribution < 1.29 is 18.7 Å². The fourth-order valence-electron chi connectivity index (χ4n) is 3.37. The Balaban J connectivity index is 1.63. The second-order valence-corrected chi connectivity index (χ2v) is 6.78. The van der Waals surface area contributed by atoms with Crippen LogP contribution in [0.4, 0.5) is 10.1 Å². The van der Waals surface area contributed by atoms with Crippen molar-refractivity contribution in [2.75, 3.05) is 18.5 Å². The summed E-state index contributed by atoms with van der Waals surface area (Å²) in [6, 6.07) is 9.56. The number of rotatable bonds is 3. The van der Waals surface area contributed by atoms with Crippen LogP contribution in [0.5, 0.6) is 11.5 Å². The zero-order chi connectivity index (χ0) is 17.4. The fraction of sp³-hybridized carbons (Fsp3) is 0.316. The largest absolute Gasteiger partial charge is 0.486 e. The predicted octanol–water partition coefficient (Wildman–Crippen LogP) is 4.31. The summed E-state index contributed by atoms with van der Waals surface area (Å²) in [4.78, 5) is 13.0. The Morgan fingerprint density at radius 1 is 1.12 bits per heavy atom. The minimum absolute atomic E-state index is 0.178. The lowest BCUT2D eigenvalue weighted by Gasteiger charge is -2.40. The molecule has 1 N–H and O–H groups in total. The van der Waals surface area contributed by atoms with Gasteiger partial charge in [-0.05, 0) is 30.5 Å². The Morgan fingerprint density at radius 3 is 2.48 bits per heavy atom. The Hall–Kier alpha value is -2.27. The van der Waals surface area contributed by atoms with Gasteiger partial charge in [0.05, 0.1) is 16.1 Å². The van der Waals surface area contributed by atoms with Crippen molar-refractivity contribution in [3.8, 4) is 11.5 Å². The first-order valence-corrected chi connectivity index (χ1v) is 8.63. The van der Waals surface area contributed by atoms with E-state index in [0.29, 0.717) is 53.8 Å². The molecule has 6 heteroatoms. The molecule has 2 aromatic carbocycles. The Labute approximate surface area is 149 Å². The van der Waals surface area contributed by atoms with Gasteiger partial charge in [0.2, 0.25) is 5.91 Å². The average Bonchev–Trinajstić information content (AvgIpc) is 2.54. The van der Waals surface area contributed by atoms with E-state index in [1.807, 2.05) is 0 Å². The van der Waals surface area contributed by atoms with E-state index in [9.17, 15) is 9.18 Å².